The molecular formula is C12H17N5O2. The van der Waals surface area contributed by atoms with E-state index in [4.69, 9.17) is 0 Å². The zero-order chi connectivity index (χ0) is 14.2. The van der Waals surface area contributed by atoms with Crippen LogP contribution in [0.5, 0.6) is 0 Å². The molecule has 0 saturated carbocycles. The summed E-state index contributed by atoms with van der Waals surface area (Å²) in [5, 5.41) is 16.4. The highest BCUT2D eigenvalue weighted by molar-refractivity contribution is 5.91. The number of nitrogens with zero attached hydrogens (tertiary/aromatic N) is 4. The van der Waals surface area contributed by atoms with E-state index in [0.717, 1.165) is 5.69 Å². The van der Waals surface area contributed by atoms with Crippen molar-refractivity contribution in [2.24, 2.45) is 0 Å². The minimum absolute atomic E-state index is 0.0375. The molecule has 2 N–H and O–H groups in total. The SMILES string of the molecule is Cc1ccnc2nc(C(=O)NC(C)(C)C(C)O)nn12. The van der Waals surface area contributed by atoms with Gasteiger partial charge in [-0.1, -0.05) is 0 Å². The fourth-order valence-electron chi connectivity index (χ4n) is 1.46. The molecule has 7 heteroatoms. The highest BCUT2D eigenvalue weighted by Gasteiger charge is 2.28. The molecule has 1 atom stereocenters. The van der Waals surface area contributed by atoms with Gasteiger partial charge in [-0.25, -0.2) is 9.50 Å². The number of aliphatic hydroxyl groups excluding tert-OH is 1. The quantitative estimate of drug-likeness (QED) is 0.832. The molecule has 2 heterocycles. The Morgan fingerprint density at radius 3 is 2.79 bits per heavy atom. The lowest BCUT2D eigenvalue weighted by atomic mass is 9.99. The summed E-state index contributed by atoms with van der Waals surface area (Å²) in [6, 6.07) is 1.78. The van der Waals surface area contributed by atoms with Gasteiger partial charge in [0.25, 0.3) is 11.7 Å². The van der Waals surface area contributed by atoms with E-state index >= 15 is 0 Å². The molecule has 0 aliphatic rings. The molecule has 0 spiro atoms. The molecule has 0 aliphatic heterocycles. The van der Waals surface area contributed by atoms with Crippen molar-refractivity contribution in [2.45, 2.75) is 39.3 Å². The molecule has 0 radical (unpaired) electrons. The number of amides is 1. The molecule has 0 bridgehead atoms. The number of nitrogens with one attached hydrogen (secondary N) is 1. The summed E-state index contributed by atoms with van der Waals surface area (Å²) in [6.45, 7) is 6.93. The monoisotopic (exact) mass is 263 g/mol. The topological polar surface area (TPSA) is 92.4 Å². The second-order valence-corrected chi connectivity index (χ2v) is 5.09. The van der Waals surface area contributed by atoms with E-state index in [9.17, 15) is 9.90 Å². The van der Waals surface area contributed by atoms with E-state index in [1.54, 1.807) is 33.0 Å². The molecular weight excluding hydrogens is 246 g/mol. The van der Waals surface area contributed by atoms with Crippen LogP contribution >= 0.6 is 0 Å². The van der Waals surface area contributed by atoms with Crippen LogP contribution in [-0.2, 0) is 0 Å². The molecule has 2 aromatic heterocycles. The van der Waals surface area contributed by atoms with Gasteiger partial charge in [0.15, 0.2) is 0 Å². The highest BCUT2D eigenvalue weighted by Crippen LogP contribution is 2.10. The molecule has 1 unspecified atom stereocenters. The second kappa shape index (κ2) is 4.58. The lowest BCUT2D eigenvalue weighted by Crippen LogP contribution is -2.51. The van der Waals surface area contributed by atoms with Gasteiger partial charge >= 0.3 is 0 Å². The Hall–Kier alpha value is -2.02. The first-order valence-corrected chi connectivity index (χ1v) is 6.00. The van der Waals surface area contributed by atoms with Crippen molar-refractivity contribution >= 4 is 11.7 Å². The van der Waals surface area contributed by atoms with Gasteiger partial charge in [0.2, 0.25) is 5.82 Å². The largest absolute Gasteiger partial charge is 0.391 e. The highest BCUT2D eigenvalue weighted by atomic mass is 16.3. The number of hydrogen-bond acceptors (Lipinski definition) is 5. The maximum absolute atomic E-state index is 12.1. The van der Waals surface area contributed by atoms with Crippen LogP contribution in [0.25, 0.3) is 5.78 Å². The van der Waals surface area contributed by atoms with Crippen LogP contribution in [-0.4, -0.2) is 42.2 Å². The molecule has 0 fully saturated rings. The normalized spacial score (nSPS) is 13.5. The summed E-state index contributed by atoms with van der Waals surface area (Å²) in [5.74, 6) is -0.0219. The predicted octanol–water partition coefficient (Wildman–Crippen LogP) is 0.322. The Morgan fingerprint density at radius 2 is 2.21 bits per heavy atom. The molecule has 2 rings (SSSR count). The van der Waals surface area contributed by atoms with E-state index in [2.05, 4.69) is 20.4 Å². The lowest BCUT2D eigenvalue weighted by Gasteiger charge is -2.28. The fourth-order valence-corrected chi connectivity index (χ4v) is 1.46. The smallest absolute Gasteiger partial charge is 0.291 e. The standard InChI is InChI=1S/C12H17N5O2/c1-7-5-6-13-11-14-9(16-17(7)11)10(19)15-12(3,4)8(2)18/h5-6,8,18H,1-4H3,(H,15,19). The lowest BCUT2D eigenvalue weighted by molar-refractivity contribution is 0.0701. The molecule has 0 saturated heterocycles. The third-order valence-corrected chi connectivity index (χ3v) is 3.11. The van der Waals surface area contributed by atoms with Gasteiger partial charge in [-0.2, -0.15) is 4.98 Å². The predicted molar refractivity (Wildman–Crippen MR) is 68.7 cm³/mol. The Labute approximate surface area is 110 Å². The molecule has 0 aliphatic carbocycles. The maximum atomic E-state index is 12.1. The van der Waals surface area contributed by atoms with Crippen molar-refractivity contribution in [2.75, 3.05) is 0 Å². The van der Waals surface area contributed by atoms with E-state index in [1.165, 1.54) is 4.52 Å². The third kappa shape index (κ3) is 2.55. The number of carbonyl (C=O) groups excluding carboxylic acids is 1. The number of rotatable bonds is 3. The van der Waals surface area contributed by atoms with Crippen LogP contribution in [0.3, 0.4) is 0 Å². The Morgan fingerprint density at radius 1 is 1.53 bits per heavy atom. The molecule has 0 aromatic carbocycles. The summed E-state index contributed by atoms with van der Waals surface area (Å²) in [7, 11) is 0. The summed E-state index contributed by atoms with van der Waals surface area (Å²) in [5.41, 5.74) is 0.0863. The van der Waals surface area contributed by atoms with Crippen molar-refractivity contribution < 1.29 is 9.90 Å². The fraction of sp³-hybridized carbons (Fsp3) is 0.500. The van der Waals surface area contributed by atoms with Crippen molar-refractivity contribution in [3.8, 4) is 0 Å². The van der Waals surface area contributed by atoms with Crippen LogP contribution in [0.4, 0.5) is 0 Å². The number of aliphatic hydroxyl groups is 1. The van der Waals surface area contributed by atoms with Crippen LogP contribution in [0.15, 0.2) is 12.3 Å². The second-order valence-electron chi connectivity index (χ2n) is 5.09. The first-order valence-electron chi connectivity index (χ1n) is 6.00. The van der Waals surface area contributed by atoms with Crippen LogP contribution in [0.1, 0.15) is 37.1 Å². The van der Waals surface area contributed by atoms with Crippen LogP contribution in [0, 0.1) is 6.92 Å². The Bertz CT molecular complexity index is 618. The van der Waals surface area contributed by atoms with Gasteiger partial charge in [0.05, 0.1) is 11.6 Å². The van der Waals surface area contributed by atoms with Gasteiger partial charge in [-0.05, 0) is 33.8 Å². The van der Waals surface area contributed by atoms with Gasteiger partial charge in [-0.15, -0.1) is 5.10 Å². The number of carbonyl (C=O) groups is 1. The minimum atomic E-state index is -0.753. The van der Waals surface area contributed by atoms with Crippen LogP contribution < -0.4 is 5.32 Å². The van der Waals surface area contributed by atoms with Crippen molar-refractivity contribution in [3.05, 3.63) is 23.8 Å². The van der Waals surface area contributed by atoms with E-state index < -0.39 is 17.6 Å². The van der Waals surface area contributed by atoms with E-state index in [-0.39, 0.29) is 5.82 Å². The van der Waals surface area contributed by atoms with Crippen molar-refractivity contribution in [1.82, 2.24) is 24.9 Å². The zero-order valence-electron chi connectivity index (χ0n) is 11.4. The summed E-state index contributed by atoms with van der Waals surface area (Å²) in [4.78, 5) is 20.2. The van der Waals surface area contributed by atoms with Crippen molar-refractivity contribution in [1.29, 1.82) is 0 Å². The molecule has 102 valence electrons. The number of aromatic nitrogens is 4. The van der Waals surface area contributed by atoms with E-state index in [1.807, 2.05) is 6.92 Å². The van der Waals surface area contributed by atoms with Gasteiger partial charge in [0, 0.05) is 11.9 Å². The Kier molecular flexibility index (Phi) is 3.23. The van der Waals surface area contributed by atoms with Gasteiger partial charge in [-0.3, -0.25) is 4.79 Å². The zero-order valence-corrected chi connectivity index (χ0v) is 11.4. The molecule has 2 aromatic rings. The molecule has 7 nitrogen and oxygen atoms in total. The number of hydrogen-bond donors (Lipinski definition) is 2. The summed E-state index contributed by atoms with van der Waals surface area (Å²) in [6.07, 6.45) is 0.925. The summed E-state index contributed by atoms with van der Waals surface area (Å²) < 4.78 is 1.50. The van der Waals surface area contributed by atoms with Crippen molar-refractivity contribution in [3.63, 3.8) is 0 Å². The average Bonchev–Trinajstić information content (AvgIpc) is 2.73. The van der Waals surface area contributed by atoms with Gasteiger partial charge in [0.1, 0.15) is 0 Å². The average molecular weight is 263 g/mol. The molecule has 1 amide bonds. The minimum Gasteiger partial charge on any atom is -0.391 e. The molecule has 19 heavy (non-hydrogen) atoms. The van der Waals surface area contributed by atoms with E-state index in [0.29, 0.717) is 5.78 Å². The number of fused-ring (bicyclic) bond motifs is 1. The first-order chi connectivity index (χ1) is 8.81. The first kappa shape index (κ1) is 13.4. The van der Waals surface area contributed by atoms with Crippen LogP contribution in [0.2, 0.25) is 0 Å². The number of aryl methyl sites for hydroxylation is 1. The third-order valence-electron chi connectivity index (χ3n) is 3.11. The maximum Gasteiger partial charge on any atom is 0.291 e. The Balaban J connectivity index is 2.30. The summed E-state index contributed by atoms with van der Waals surface area (Å²) >= 11 is 0. The van der Waals surface area contributed by atoms with Gasteiger partial charge < -0.3 is 10.4 Å².